The number of hydrogen-bond acceptors (Lipinski definition) is 4. The molecule has 162 valence electrons. The third kappa shape index (κ3) is 8.23. The van der Waals surface area contributed by atoms with Gasteiger partial charge in [0.1, 0.15) is 13.2 Å². The van der Waals surface area contributed by atoms with Crippen LogP contribution in [0.3, 0.4) is 0 Å². The first-order valence-corrected chi connectivity index (χ1v) is 10.1. The van der Waals surface area contributed by atoms with Crippen LogP contribution in [0.5, 0.6) is 0 Å². The van der Waals surface area contributed by atoms with Crippen LogP contribution in [0.1, 0.15) is 89.5 Å². The predicted molar refractivity (Wildman–Crippen MR) is 113 cm³/mol. The minimum atomic E-state index is -0.512. The summed E-state index contributed by atoms with van der Waals surface area (Å²) in [5.41, 5.74) is -1.02. The van der Waals surface area contributed by atoms with E-state index in [1.165, 1.54) is 0 Å². The van der Waals surface area contributed by atoms with Gasteiger partial charge in [0.2, 0.25) is 0 Å². The summed E-state index contributed by atoms with van der Waals surface area (Å²) in [6, 6.07) is 0. The van der Waals surface area contributed by atoms with Gasteiger partial charge in [0, 0.05) is 0 Å². The molecule has 27 heavy (non-hydrogen) atoms. The molecule has 4 heteroatoms. The average molecular weight is 387 g/mol. The standard InChI is InChI=1S/C22H42O4.CH4/c1-15(2)13-21(9,17(5)6)19(23)25-11-12-26-20(24)22(10,18(7)8)14-16(3)4;/h15-18H,11-14H2,1-10H3;1H4. The van der Waals surface area contributed by atoms with E-state index in [0.717, 1.165) is 12.8 Å². The molecule has 0 radical (unpaired) electrons. The van der Waals surface area contributed by atoms with E-state index in [9.17, 15) is 9.59 Å². The Balaban J connectivity index is 0. The highest BCUT2D eigenvalue weighted by molar-refractivity contribution is 5.77. The van der Waals surface area contributed by atoms with Gasteiger partial charge in [0.15, 0.2) is 0 Å². The van der Waals surface area contributed by atoms with Crippen LogP contribution < -0.4 is 0 Å². The Bertz CT molecular complexity index is 411. The molecule has 2 atom stereocenters. The second-order valence-corrected chi connectivity index (χ2v) is 9.61. The van der Waals surface area contributed by atoms with Crippen molar-refractivity contribution < 1.29 is 19.1 Å². The largest absolute Gasteiger partial charge is 0.462 e. The Hall–Kier alpha value is -1.06. The summed E-state index contributed by atoms with van der Waals surface area (Å²) in [5, 5.41) is 0. The zero-order chi connectivity index (χ0) is 20.7. The molecule has 0 rings (SSSR count). The third-order valence-corrected chi connectivity index (χ3v) is 5.70. The van der Waals surface area contributed by atoms with Crippen molar-refractivity contribution in [2.45, 2.75) is 89.5 Å². The molecule has 0 fully saturated rings. The summed E-state index contributed by atoms with van der Waals surface area (Å²) >= 11 is 0. The van der Waals surface area contributed by atoms with Gasteiger partial charge in [-0.1, -0.05) is 62.8 Å². The summed E-state index contributed by atoms with van der Waals surface area (Å²) in [7, 11) is 0. The second-order valence-electron chi connectivity index (χ2n) is 9.61. The van der Waals surface area contributed by atoms with E-state index in [-0.39, 0.29) is 44.4 Å². The molecule has 0 heterocycles. The fraction of sp³-hybridized carbons (Fsp3) is 0.913. The molecule has 4 nitrogen and oxygen atoms in total. The van der Waals surface area contributed by atoms with Crippen LogP contribution in [-0.4, -0.2) is 25.2 Å². The summed E-state index contributed by atoms with van der Waals surface area (Å²) in [6.45, 7) is 20.8. The lowest BCUT2D eigenvalue weighted by molar-refractivity contribution is -0.168. The Labute approximate surface area is 168 Å². The minimum Gasteiger partial charge on any atom is -0.462 e. The van der Waals surface area contributed by atoms with Gasteiger partial charge in [-0.05, 0) is 50.4 Å². The predicted octanol–water partition coefficient (Wildman–Crippen LogP) is 6.13. The van der Waals surface area contributed by atoms with Crippen molar-refractivity contribution >= 4 is 11.9 Å². The summed E-state index contributed by atoms with van der Waals surface area (Å²) in [6.07, 6.45) is 1.56. The first-order valence-electron chi connectivity index (χ1n) is 10.1. The maximum atomic E-state index is 12.6. The van der Waals surface area contributed by atoms with Crippen molar-refractivity contribution in [2.75, 3.05) is 13.2 Å². The highest BCUT2D eigenvalue weighted by Gasteiger charge is 2.40. The first kappa shape index (κ1) is 28.2. The molecule has 0 aliphatic heterocycles. The number of carbonyl (C=O) groups excluding carboxylic acids is 2. The molecule has 0 saturated heterocycles. The molecule has 0 amide bonds. The van der Waals surface area contributed by atoms with Gasteiger partial charge >= 0.3 is 11.9 Å². The average Bonchev–Trinajstić information content (AvgIpc) is 2.48. The van der Waals surface area contributed by atoms with Crippen molar-refractivity contribution in [2.24, 2.45) is 34.5 Å². The SMILES string of the molecule is C.CC(C)CC(C)(C(=O)OCCOC(=O)C(C)(CC(C)C)C(C)C)C(C)C. The van der Waals surface area contributed by atoms with Crippen LogP contribution in [0.2, 0.25) is 0 Å². The zero-order valence-electron chi connectivity index (χ0n) is 18.8. The number of hydrogen-bond donors (Lipinski definition) is 0. The molecule has 0 aromatic carbocycles. The zero-order valence-corrected chi connectivity index (χ0v) is 18.8. The highest BCUT2D eigenvalue weighted by atomic mass is 16.6. The maximum absolute atomic E-state index is 12.6. The van der Waals surface area contributed by atoms with E-state index in [1.807, 2.05) is 41.5 Å². The van der Waals surface area contributed by atoms with Crippen molar-refractivity contribution in [3.05, 3.63) is 0 Å². The van der Waals surface area contributed by atoms with Crippen molar-refractivity contribution in [1.82, 2.24) is 0 Å². The second kappa shape index (κ2) is 11.7. The van der Waals surface area contributed by atoms with Crippen LogP contribution >= 0.6 is 0 Å². The fourth-order valence-corrected chi connectivity index (χ4v) is 3.40. The molecule has 0 aromatic rings. The van der Waals surface area contributed by atoms with Gasteiger partial charge in [-0.2, -0.15) is 0 Å². The molecule has 0 aromatic heterocycles. The number of rotatable bonds is 11. The number of ether oxygens (including phenoxy) is 2. The fourth-order valence-electron chi connectivity index (χ4n) is 3.40. The van der Waals surface area contributed by atoms with E-state index in [1.54, 1.807) is 0 Å². The molecule has 0 spiro atoms. The first-order chi connectivity index (χ1) is 11.8. The van der Waals surface area contributed by atoms with Crippen LogP contribution in [-0.2, 0) is 19.1 Å². The molecule has 0 N–H and O–H groups in total. The van der Waals surface area contributed by atoms with E-state index in [2.05, 4.69) is 27.7 Å². The topological polar surface area (TPSA) is 52.6 Å². The van der Waals surface area contributed by atoms with Crippen LogP contribution in [0.25, 0.3) is 0 Å². The van der Waals surface area contributed by atoms with Crippen molar-refractivity contribution in [3.63, 3.8) is 0 Å². The van der Waals surface area contributed by atoms with E-state index >= 15 is 0 Å². The lowest BCUT2D eigenvalue weighted by Crippen LogP contribution is -2.38. The Morgan fingerprint density at radius 3 is 1.11 bits per heavy atom. The number of esters is 2. The van der Waals surface area contributed by atoms with Crippen molar-refractivity contribution in [1.29, 1.82) is 0 Å². The lowest BCUT2D eigenvalue weighted by atomic mass is 9.73. The van der Waals surface area contributed by atoms with Gasteiger partial charge in [0.05, 0.1) is 10.8 Å². The summed E-state index contributed by atoms with van der Waals surface area (Å²) in [4.78, 5) is 25.1. The normalized spacial score (nSPS) is 16.1. The molecule has 0 saturated carbocycles. The summed E-state index contributed by atoms with van der Waals surface area (Å²) < 4.78 is 10.9. The van der Waals surface area contributed by atoms with Crippen LogP contribution in [0.15, 0.2) is 0 Å². The summed E-state index contributed by atoms with van der Waals surface area (Å²) in [5.74, 6) is 0.800. The van der Waals surface area contributed by atoms with Gasteiger partial charge < -0.3 is 9.47 Å². The monoisotopic (exact) mass is 386 g/mol. The van der Waals surface area contributed by atoms with Gasteiger partial charge in [-0.25, -0.2) is 0 Å². The third-order valence-electron chi connectivity index (χ3n) is 5.70. The Kier molecular flexibility index (Phi) is 12.2. The minimum absolute atomic E-state index is 0. The van der Waals surface area contributed by atoms with Crippen LogP contribution in [0, 0.1) is 34.5 Å². The Morgan fingerprint density at radius 2 is 0.926 bits per heavy atom. The number of carbonyl (C=O) groups is 2. The van der Waals surface area contributed by atoms with E-state index in [4.69, 9.17) is 9.47 Å². The van der Waals surface area contributed by atoms with Gasteiger partial charge in [-0.3, -0.25) is 9.59 Å². The molecule has 0 aliphatic rings. The maximum Gasteiger partial charge on any atom is 0.312 e. The van der Waals surface area contributed by atoms with E-state index in [0.29, 0.717) is 11.8 Å². The molecule has 2 unspecified atom stereocenters. The smallest absolute Gasteiger partial charge is 0.312 e. The quantitative estimate of drug-likeness (QED) is 0.317. The van der Waals surface area contributed by atoms with Crippen LogP contribution in [0.4, 0.5) is 0 Å². The van der Waals surface area contributed by atoms with Gasteiger partial charge in [0.25, 0.3) is 0 Å². The molecule has 0 aliphatic carbocycles. The van der Waals surface area contributed by atoms with Crippen molar-refractivity contribution in [3.8, 4) is 0 Å². The Morgan fingerprint density at radius 1 is 0.667 bits per heavy atom. The van der Waals surface area contributed by atoms with Gasteiger partial charge in [-0.15, -0.1) is 0 Å². The molecule has 0 bridgehead atoms. The lowest BCUT2D eigenvalue weighted by Gasteiger charge is -2.33. The van der Waals surface area contributed by atoms with E-state index < -0.39 is 10.8 Å². The highest BCUT2D eigenvalue weighted by Crippen LogP contribution is 2.36. The molecular weight excluding hydrogens is 340 g/mol. The molecular formula is C23H46O4.